The zero-order valence-corrected chi connectivity index (χ0v) is 10.7. The Hall–Kier alpha value is -2.07. The summed E-state index contributed by atoms with van der Waals surface area (Å²) in [4.78, 5) is 0. The largest absolute Gasteiger partial charge is 0.489 e. The minimum absolute atomic E-state index is 0.276. The van der Waals surface area contributed by atoms with Gasteiger partial charge in [0, 0.05) is 12.8 Å². The van der Waals surface area contributed by atoms with Gasteiger partial charge in [0.2, 0.25) is 0 Å². The summed E-state index contributed by atoms with van der Waals surface area (Å²) in [5.74, 6) is 0.365. The first-order valence-corrected chi connectivity index (χ1v) is 5.93. The summed E-state index contributed by atoms with van der Waals surface area (Å²) in [7, 11) is 1.64. The summed E-state index contributed by atoms with van der Waals surface area (Å²) < 4.78 is 23.8. The van der Waals surface area contributed by atoms with Crippen LogP contribution in [0.2, 0.25) is 0 Å². The number of benzene rings is 2. The van der Waals surface area contributed by atoms with Crippen molar-refractivity contribution in [2.24, 2.45) is 0 Å². The molecule has 0 spiro atoms. The van der Waals surface area contributed by atoms with Gasteiger partial charge in [-0.05, 0) is 41.5 Å². The molecule has 0 aliphatic carbocycles. The highest BCUT2D eigenvalue weighted by atomic mass is 19.1. The number of anilines is 1. The Bertz CT molecular complexity index is 537. The van der Waals surface area contributed by atoms with Crippen LogP contribution in [0.15, 0.2) is 42.5 Å². The number of halogens is 1. The number of methoxy groups -OCH3 is 1. The fraction of sp³-hybridized carbons (Fsp3) is 0.200. The van der Waals surface area contributed by atoms with E-state index >= 15 is 0 Å². The van der Waals surface area contributed by atoms with E-state index in [1.165, 1.54) is 12.1 Å². The molecule has 4 heteroatoms. The van der Waals surface area contributed by atoms with Crippen LogP contribution < -0.4 is 10.5 Å². The lowest BCUT2D eigenvalue weighted by atomic mass is 10.2. The zero-order valence-electron chi connectivity index (χ0n) is 10.7. The summed E-state index contributed by atoms with van der Waals surface area (Å²) in [5.41, 5.74) is 7.71. The summed E-state index contributed by atoms with van der Waals surface area (Å²) in [6.45, 7) is 0.808. The van der Waals surface area contributed by atoms with Crippen LogP contribution in [0.4, 0.5) is 10.1 Å². The van der Waals surface area contributed by atoms with Crippen LogP contribution in [0.1, 0.15) is 11.1 Å². The molecule has 0 amide bonds. The van der Waals surface area contributed by atoms with Gasteiger partial charge < -0.3 is 15.2 Å². The maximum absolute atomic E-state index is 13.2. The van der Waals surface area contributed by atoms with E-state index in [1.807, 2.05) is 24.3 Å². The smallest absolute Gasteiger partial charge is 0.125 e. The van der Waals surface area contributed by atoms with E-state index in [9.17, 15) is 4.39 Å². The molecular formula is C15H16FNO2. The van der Waals surface area contributed by atoms with Gasteiger partial charge in [-0.25, -0.2) is 4.39 Å². The lowest BCUT2D eigenvalue weighted by molar-refractivity contribution is 0.184. The molecule has 0 heterocycles. The van der Waals surface area contributed by atoms with Gasteiger partial charge in [-0.2, -0.15) is 0 Å². The normalized spacial score (nSPS) is 10.4. The fourth-order valence-corrected chi connectivity index (χ4v) is 1.82. The number of rotatable bonds is 5. The maximum Gasteiger partial charge on any atom is 0.125 e. The zero-order chi connectivity index (χ0) is 13.7. The predicted octanol–water partition coefficient (Wildman–Crippen LogP) is 3.13. The van der Waals surface area contributed by atoms with E-state index in [2.05, 4.69) is 0 Å². The molecule has 0 fully saturated rings. The first-order valence-electron chi connectivity index (χ1n) is 5.93. The summed E-state index contributed by atoms with van der Waals surface area (Å²) >= 11 is 0. The number of hydrogen-bond acceptors (Lipinski definition) is 3. The van der Waals surface area contributed by atoms with E-state index in [-0.39, 0.29) is 12.4 Å². The number of nitrogens with two attached hydrogens (primary N) is 1. The quantitative estimate of drug-likeness (QED) is 0.841. The average Bonchev–Trinajstić information content (AvgIpc) is 2.36. The molecule has 3 nitrogen and oxygen atoms in total. The van der Waals surface area contributed by atoms with E-state index in [4.69, 9.17) is 15.2 Å². The average molecular weight is 261 g/mol. The van der Waals surface area contributed by atoms with Crippen molar-refractivity contribution in [2.75, 3.05) is 12.8 Å². The molecule has 19 heavy (non-hydrogen) atoms. The molecule has 2 aromatic rings. The first-order chi connectivity index (χ1) is 9.17. The second-order valence-electron chi connectivity index (χ2n) is 4.26. The van der Waals surface area contributed by atoms with Crippen molar-refractivity contribution in [2.45, 2.75) is 13.2 Å². The summed E-state index contributed by atoms with van der Waals surface area (Å²) in [5, 5.41) is 0. The molecular weight excluding hydrogens is 245 g/mol. The molecule has 0 saturated carbocycles. The van der Waals surface area contributed by atoms with Crippen LogP contribution >= 0.6 is 0 Å². The molecule has 0 radical (unpaired) electrons. The molecule has 0 bridgehead atoms. The minimum atomic E-state index is -0.355. The molecule has 0 atom stereocenters. The van der Waals surface area contributed by atoms with Gasteiger partial charge in [0.15, 0.2) is 0 Å². The predicted molar refractivity (Wildman–Crippen MR) is 72.3 cm³/mol. The highest BCUT2D eigenvalue weighted by Crippen LogP contribution is 2.17. The molecule has 0 aromatic heterocycles. The molecule has 2 N–H and O–H groups in total. The van der Waals surface area contributed by atoms with Crippen LogP contribution in [0.3, 0.4) is 0 Å². The Morgan fingerprint density at radius 3 is 2.63 bits per heavy atom. The Morgan fingerprint density at radius 2 is 1.89 bits per heavy atom. The van der Waals surface area contributed by atoms with Crippen LogP contribution in [0.25, 0.3) is 0 Å². The number of ether oxygens (including phenoxy) is 2. The van der Waals surface area contributed by atoms with Gasteiger partial charge in [-0.15, -0.1) is 0 Å². The van der Waals surface area contributed by atoms with Gasteiger partial charge in [0.25, 0.3) is 0 Å². The van der Waals surface area contributed by atoms with Gasteiger partial charge in [0.05, 0.1) is 6.61 Å². The van der Waals surface area contributed by atoms with Crippen molar-refractivity contribution in [3.05, 3.63) is 59.4 Å². The molecule has 0 unspecified atom stereocenters. The standard InChI is InChI=1S/C15H16FNO2/c1-18-9-11-3-2-4-15(7-11)19-10-12-5-13(16)8-14(17)6-12/h2-8H,9-10,17H2,1H3. The van der Waals surface area contributed by atoms with Gasteiger partial charge in [0.1, 0.15) is 18.2 Å². The van der Waals surface area contributed by atoms with E-state index < -0.39 is 0 Å². The third-order valence-corrected chi connectivity index (χ3v) is 2.59. The topological polar surface area (TPSA) is 44.5 Å². The van der Waals surface area contributed by atoms with Crippen LogP contribution in [0.5, 0.6) is 5.75 Å². The molecule has 2 aromatic carbocycles. The van der Waals surface area contributed by atoms with Gasteiger partial charge >= 0.3 is 0 Å². The molecule has 0 aliphatic heterocycles. The van der Waals surface area contributed by atoms with Crippen molar-refractivity contribution in [3.63, 3.8) is 0 Å². The van der Waals surface area contributed by atoms with Crippen molar-refractivity contribution < 1.29 is 13.9 Å². The van der Waals surface area contributed by atoms with Crippen LogP contribution in [0, 0.1) is 5.82 Å². The Balaban J connectivity index is 2.03. The Kier molecular flexibility index (Phi) is 4.36. The summed E-state index contributed by atoms with van der Waals surface area (Å²) in [6.07, 6.45) is 0. The van der Waals surface area contributed by atoms with Crippen molar-refractivity contribution in [1.29, 1.82) is 0 Å². The second-order valence-corrected chi connectivity index (χ2v) is 4.26. The fourth-order valence-electron chi connectivity index (χ4n) is 1.82. The van der Waals surface area contributed by atoms with Gasteiger partial charge in [-0.3, -0.25) is 0 Å². The van der Waals surface area contributed by atoms with E-state index in [0.717, 1.165) is 11.3 Å². The highest BCUT2D eigenvalue weighted by molar-refractivity contribution is 5.41. The summed E-state index contributed by atoms with van der Waals surface area (Å²) in [6, 6.07) is 12.0. The molecule has 2 rings (SSSR count). The third kappa shape index (κ3) is 3.96. The van der Waals surface area contributed by atoms with Crippen molar-refractivity contribution in [3.8, 4) is 5.75 Å². The van der Waals surface area contributed by atoms with E-state index in [1.54, 1.807) is 13.2 Å². The Morgan fingerprint density at radius 1 is 1.05 bits per heavy atom. The molecule has 0 aliphatic rings. The van der Waals surface area contributed by atoms with Crippen LogP contribution in [-0.4, -0.2) is 7.11 Å². The molecule has 0 saturated heterocycles. The second kappa shape index (κ2) is 6.20. The SMILES string of the molecule is COCc1cccc(OCc2cc(N)cc(F)c2)c1. The first kappa shape index (κ1) is 13.4. The lowest BCUT2D eigenvalue weighted by Crippen LogP contribution is -1.98. The monoisotopic (exact) mass is 261 g/mol. The highest BCUT2D eigenvalue weighted by Gasteiger charge is 2.01. The van der Waals surface area contributed by atoms with Gasteiger partial charge in [-0.1, -0.05) is 12.1 Å². The van der Waals surface area contributed by atoms with Crippen molar-refractivity contribution >= 4 is 5.69 Å². The van der Waals surface area contributed by atoms with Crippen molar-refractivity contribution in [1.82, 2.24) is 0 Å². The lowest BCUT2D eigenvalue weighted by Gasteiger charge is -2.08. The van der Waals surface area contributed by atoms with Crippen LogP contribution in [-0.2, 0) is 18.0 Å². The molecule has 100 valence electrons. The Labute approximate surface area is 111 Å². The maximum atomic E-state index is 13.2. The van der Waals surface area contributed by atoms with E-state index in [0.29, 0.717) is 17.9 Å². The minimum Gasteiger partial charge on any atom is -0.489 e. The third-order valence-electron chi connectivity index (χ3n) is 2.59. The number of nitrogen functional groups attached to an aromatic ring is 1. The number of hydrogen-bond donors (Lipinski definition) is 1.